The van der Waals surface area contributed by atoms with Gasteiger partial charge in [-0.3, -0.25) is 4.79 Å². The monoisotopic (exact) mass is 540 g/mol. The van der Waals surface area contributed by atoms with Crippen LogP contribution in [0.2, 0.25) is 0 Å². The van der Waals surface area contributed by atoms with E-state index in [-0.39, 0.29) is 12.2 Å². The molecule has 2 aromatic heterocycles. The molecule has 204 valence electrons. The summed E-state index contributed by atoms with van der Waals surface area (Å²) in [6.07, 6.45) is 2.12. The van der Waals surface area contributed by atoms with Gasteiger partial charge in [-0.05, 0) is 60.9 Å². The number of ether oxygens (including phenoxy) is 1. The Labute approximate surface area is 229 Å². The van der Waals surface area contributed by atoms with Crippen LogP contribution >= 0.6 is 0 Å². The van der Waals surface area contributed by atoms with E-state index in [2.05, 4.69) is 10.3 Å². The highest BCUT2D eigenvalue weighted by Gasteiger charge is 2.23. The van der Waals surface area contributed by atoms with Gasteiger partial charge in [0.05, 0.1) is 0 Å². The lowest BCUT2D eigenvalue weighted by atomic mass is 9.98. The summed E-state index contributed by atoms with van der Waals surface area (Å²) in [5.74, 6) is -1.42. The molecule has 0 spiro atoms. The molecule has 4 N–H and O–H groups in total. The number of rotatable bonds is 9. The van der Waals surface area contributed by atoms with E-state index in [0.717, 1.165) is 22.0 Å². The average Bonchev–Trinajstić information content (AvgIpc) is 3.32. The Balaban J connectivity index is 1.30. The third-order valence-corrected chi connectivity index (χ3v) is 7.04. The minimum atomic E-state index is -1.21. The van der Waals surface area contributed by atoms with Crippen molar-refractivity contribution in [2.45, 2.75) is 32.7 Å². The molecule has 2 heterocycles. The van der Waals surface area contributed by atoms with Gasteiger partial charge >= 0.3 is 11.6 Å². The maximum atomic E-state index is 12.9. The minimum absolute atomic E-state index is 0.00920. The summed E-state index contributed by atoms with van der Waals surface area (Å²) in [7, 11) is 0. The van der Waals surface area contributed by atoms with Gasteiger partial charge < -0.3 is 29.7 Å². The molecule has 0 radical (unpaired) electrons. The van der Waals surface area contributed by atoms with Crippen molar-refractivity contribution in [2.24, 2.45) is 0 Å². The van der Waals surface area contributed by atoms with E-state index in [1.165, 1.54) is 12.1 Å². The maximum absolute atomic E-state index is 12.9. The molecule has 1 atom stereocenters. The van der Waals surface area contributed by atoms with Crippen LogP contribution in [0, 0.1) is 13.8 Å². The molecule has 5 rings (SSSR count). The van der Waals surface area contributed by atoms with Gasteiger partial charge in [0.2, 0.25) is 0 Å². The van der Waals surface area contributed by atoms with Crippen molar-refractivity contribution in [1.29, 1.82) is 0 Å². The van der Waals surface area contributed by atoms with Crippen molar-refractivity contribution in [1.82, 2.24) is 10.3 Å². The third kappa shape index (κ3) is 5.40. The van der Waals surface area contributed by atoms with E-state index < -0.39 is 30.2 Å². The lowest BCUT2D eigenvalue weighted by molar-refractivity contribution is -0.142. The number of carbonyl (C=O) groups excluding carboxylic acids is 1. The number of aromatic nitrogens is 1. The molecule has 0 aliphatic carbocycles. The Kier molecular flexibility index (Phi) is 7.29. The summed E-state index contributed by atoms with van der Waals surface area (Å²) in [6, 6.07) is 16.7. The molecule has 0 saturated heterocycles. The second-order valence-corrected chi connectivity index (χ2v) is 9.72. The van der Waals surface area contributed by atoms with E-state index in [1.807, 2.05) is 37.3 Å². The summed E-state index contributed by atoms with van der Waals surface area (Å²) in [5, 5.41) is 23.4. The molecule has 0 aliphatic heterocycles. The summed E-state index contributed by atoms with van der Waals surface area (Å²) < 4.78 is 11.4. The number of fused-ring (bicyclic) bond motifs is 2. The molecule has 40 heavy (non-hydrogen) atoms. The number of benzene rings is 3. The number of carboxylic acids is 1. The second-order valence-electron chi connectivity index (χ2n) is 9.72. The van der Waals surface area contributed by atoms with Crippen molar-refractivity contribution < 1.29 is 29.0 Å². The van der Waals surface area contributed by atoms with Gasteiger partial charge in [-0.2, -0.15) is 0 Å². The molecule has 1 unspecified atom stereocenters. The molecule has 0 saturated carbocycles. The number of aliphatic carboxylic acids is 1. The number of nitrogens with one attached hydrogen (secondary N) is 2. The van der Waals surface area contributed by atoms with E-state index in [9.17, 15) is 24.6 Å². The highest BCUT2D eigenvalue weighted by molar-refractivity contribution is 5.88. The summed E-state index contributed by atoms with van der Waals surface area (Å²) in [6.45, 7) is 3.19. The van der Waals surface area contributed by atoms with Crippen LogP contribution in [0.1, 0.15) is 27.8 Å². The Morgan fingerprint density at radius 1 is 1.02 bits per heavy atom. The van der Waals surface area contributed by atoms with Crippen molar-refractivity contribution in [3.63, 3.8) is 0 Å². The van der Waals surface area contributed by atoms with Gasteiger partial charge in [-0.25, -0.2) is 9.59 Å². The molecule has 9 heteroatoms. The van der Waals surface area contributed by atoms with Crippen molar-refractivity contribution in [3.8, 4) is 11.5 Å². The van der Waals surface area contributed by atoms with Crippen LogP contribution in [-0.4, -0.2) is 39.7 Å². The average molecular weight is 541 g/mol. The second kappa shape index (κ2) is 11.0. The molecule has 0 bridgehead atoms. The van der Waals surface area contributed by atoms with Gasteiger partial charge in [0.1, 0.15) is 23.1 Å². The maximum Gasteiger partial charge on any atom is 0.340 e. The SMILES string of the molecule is Cc1c(Cc2ccccc2)c(=O)oc2c(C)c(OCC(=O)NC(Cc3c[nH]c4ccc(O)cc34)C(=O)O)ccc12. The molecular formula is C31H28N2O7. The number of aromatic hydroxyl groups is 1. The molecular weight excluding hydrogens is 512 g/mol. The fourth-order valence-electron chi connectivity index (χ4n) is 4.87. The van der Waals surface area contributed by atoms with Crippen LogP contribution in [0.5, 0.6) is 11.5 Å². The van der Waals surface area contributed by atoms with Crippen molar-refractivity contribution in [3.05, 3.63) is 105 Å². The van der Waals surface area contributed by atoms with Crippen LogP contribution in [-0.2, 0) is 22.4 Å². The third-order valence-electron chi connectivity index (χ3n) is 7.04. The molecule has 0 fully saturated rings. The number of amides is 1. The van der Waals surface area contributed by atoms with Crippen LogP contribution in [0.25, 0.3) is 21.9 Å². The number of carbonyl (C=O) groups is 2. The van der Waals surface area contributed by atoms with Gasteiger partial charge in [0.15, 0.2) is 6.61 Å². The first kappa shape index (κ1) is 26.6. The number of hydrogen-bond donors (Lipinski definition) is 4. The van der Waals surface area contributed by atoms with Crippen molar-refractivity contribution in [2.75, 3.05) is 6.61 Å². The van der Waals surface area contributed by atoms with E-state index in [4.69, 9.17) is 9.15 Å². The first-order valence-corrected chi connectivity index (χ1v) is 12.7. The Morgan fingerprint density at radius 3 is 2.55 bits per heavy atom. The lowest BCUT2D eigenvalue weighted by Gasteiger charge is -2.16. The first-order valence-electron chi connectivity index (χ1n) is 12.7. The Bertz CT molecular complexity index is 1790. The minimum Gasteiger partial charge on any atom is -0.508 e. The molecule has 0 aliphatic rings. The zero-order valence-electron chi connectivity index (χ0n) is 22.0. The summed E-state index contributed by atoms with van der Waals surface area (Å²) in [4.78, 5) is 40.4. The fraction of sp³-hybridized carbons (Fsp3) is 0.194. The molecule has 5 aromatic rings. The van der Waals surface area contributed by atoms with Crippen molar-refractivity contribution >= 4 is 33.7 Å². The van der Waals surface area contributed by atoms with Crippen LogP contribution in [0.15, 0.2) is 76.1 Å². The number of H-pyrrole nitrogens is 1. The first-order chi connectivity index (χ1) is 19.2. The van der Waals surface area contributed by atoms with Gasteiger partial charge in [0, 0.05) is 46.5 Å². The number of aromatic amines is 1. The smallest absolute Gasteiger partial charge is 0.340 e. The van der Waals surface area contributed by atoms with Gasteiger partial charge in [-0.1, -0.05) is 30.3 Å². The van der Waals surface area contributed by atoms with E-state index in [0.29, 0.717) is 39.8 Å². The van der Waals surface area contributed by atoms with Crippen LogP contribution in [0.4, 0.5) is 0 Å². The summed E-state index contributed by atoms with van der Waals surface area (Å²) in [5.41, 5.74) is 4.29. The molecule has 9 nitrogen and oxygen atoms in total. The predicted octanol–water partition coefficient (Wildman–Crippen LogP) is 4.38. The fourth-order valence-corrected chi connectivity index (χ4v) is 4.87. The highest BCUT2D eigenvalue weighted by Crippen LogP contribution is 2.30. The quantitative estimate of drug-likeness (QED) is 0.203. The largest absolute Gasteiger partial charge is 0.508 e. The molecule has 1 amide bonds. The zero-order chi connectivity index (χ0) is 28.4. The normalized spacial score (nSPS) is 11.9. The van der Waals surface area contributed by atoms with Crippen LogP contribution < -0.4 is 15.7 Å². The number of carboxylic acid groups (broad SMARTS) is 1. The summed E-state index contributed by atoms with van der Waals surface area (Å²) >= 11 is 0. The van der Waals surface area contributed by atoms with E-state index >= 15 is 0 Å². The number of phenolic OH excluding ortho intramolecular Hbond substituents is 1. The predicted molar refractivity (Wildman–Crippen MR) is 150 cm³/mol. The van der Waals surface area contributed by atoms with E-state index in [1.54, 1.807) is 31.3 Å². The number of aryl methyl sites for hydroxylation is 2. The Hall–Kier alpha value is -5.05. The lowest BCUT2D eigenvalue weighted by Crippen LogP contribution is -2.44. The number of hydrogen-bond acceptors (Lipinski definition) is 6. The van der Waals surface area contributed by atoms with Crippen LogP contribution in [0.3, 0.4) is 0 Å². The van der Waals surface area contributed by atoms with Gasteiger partial charge in [-0.15, -0.1) is 0 Å². The standard InChI is InChI=1S/C31H28N2O7/c1-17-22-9-11-27(18(2)29(22)40-31(38)23(17)12-19-6-4-3-5-7-19)39-16-28(35)33-26(30(36)37)13-20-15-32-25-10-8-21(34)14-24(20)25/h3-11,14-15,26,32,34H,12-13,16H2,1-2H3,(H,33,35)(H,36,37). The zero-order valence-corrected chi connectivity index (χ0v) is 22.0. The Morgan fingerprint density at radius 2 is 1.80 bits per heavy atom. The number of phenols is 1. The van der Waals surface area contributed by atoms with Gasteiger partial charge in [0.25, 0.3) is 5.91 Å². The highest BCUT2D eigenvalue weighted by atomic mass is 16.5. The molecule has 3 aromatic carbocycles. The topological polar surface area (TPSA) is 142 Å².